The van der Waals surface area contributed by atoms with Gasteiger partial charge in [0, 0.05) is 24.2 Å². The molecular weight excluding hydrogens is 423 g/mol. The first kappa shape index (κ1) is 21.6. The predicted octanol–water partition coefficient (Wildman–Crippen LogP) is 3.97. The zero-order valence-corrected chi connectivity index (χ0v) is 17.3. The van der Waals surface area contributed by atoms with Gasteiger partial charge < -0.3 is 19.7 Å². The second-order valence-electron chi connectivity index (χ2n) is 8.03. The fourth-order valence-electron chi connectivity index (χ4n) is 3.77. The Bertz CT molecular complexity index is 1140. The lowest BCUT2D eigenvalue weighted by Gasteiger charge is -2.46. The van der Waals surface area contributed by atoms with E-state index in [-0.39, 0.29) is 12.4 Å². The van der Waals surface area contributed by atoms with Crippen LogP contribution in [0.25, 0.3) is 0 Å². The van der Waals surface area contributed by atoms with Gasteiger partial charge in [0.1, 0.15) is 29.1 Å². The lowest BCUT2D eigenvalue weighted by atomic mass is 9.85. The minimum absolute atomic E-state index is 0.124. The molecule has 0 radical (unpaired) electrons. The molecule has 0 unspecified atom stereocenters. The largest absolute Gasteiger partial charge is 0.485 e. The number of ether oxygens (including phenoxy) is 1. The zero-order chi connectivity index (χ0) is 23.1. The van der Waals surface area contributed by atoms with Crippen molar-refractivity contribution < 1.29 is 23.0 Å². The average Bonchev–Trinajstić information content (AvgIpc) is 3.26. The number of aromatic nitrogens is 3. The average molecular weight is 443 g/mol. The Hall–Kier alpha value is -3.58. The first-order valence-electron chi connectivity index (χ1n) is 9.79. The molecule has 2 aromatic heterocycles. The molecule has 0 spiro atoms. The standard InChI is InChI=1S/C22H20F3N5O2/c1-21(2)20(31)19(15-9-13(10-26)3-5-16(15)32-21)30(12-17-27-7-8-28-17)18-6-4-14(11-29-18)22(23,24)25/h3-9,11,19-20,31H,12H2,1-2H3,(H,27,28)/t19-,20+/m0/s1. The number of halogens is 3. The Balaban J connectivity index is 1.86. The maximum atomic E-state index is 13.1. The van der Waals surface area contributed by atoms with Gasteiger partial charge in [-0.25, -0.2) is 9.97 Å². The summed E-state index contributed by atoms with van der Waals surface area (Å²) in [5.41, 5.74) is -0.995. The number of nitrogens with one attached hydrogen (secondary N) is 1. The van der Waals surface area contributed by atoms with Crippen molar-refractivity contribution in [3.8, 4) is 11.8 Å². The van der Waals surface area contributed by atoms with E-state index in [2.05, 4.69) is 21.0 Å². The summed E-state index contributed by atoms with van der Waals surface area (Å²) < 4.78 is 45.2. The van der Waals surface area contributed by atoms with Crippen molar-refractivity contribution in [3.05, 3.63) is 71.4 Å². The van der Waals surface area contributed by atoms with E-state index < -0.39 is 29.5 Å². The normalized spacial score (nSPS) is 19.5. The summed E-state index contributed by atoms with van der Waals surface area (Å²) in [4.78, 5) is 12.9. The number of imidazole rings is 1. The van der Waals surface area contributed by atoms with Crippen LogP contribution in [0.3, 0.4) is 0 Å². The number of benzene rings is 1. The van der Waals surface area contributed by atoms with Gasteiger partial charge in [-0.15, -0.1) is 0 Å². The Morgan fingerprint density at radius 3 is 2.62 bits per heavy atom. The quantitative estimate of drug-likeness (QED) is 0.633. The fraction of sp³-hybridized carbons (Fsp3) is 0.318. The number of nitriles is 1. The van der Waals surface area contributed by atoms with Crippen LogP contribution in [-0.2, 0) is 12.7 Å². The molecule has 0 amide bonds. The van der Waals surface area contributed by atoms with Gasteiger partial charge in [-0.2, -0.15) is 18.4 Å². The summed E-state index contributed by atoms with van der Waals surface area (Å²) in [5.74, 6) is 1.21. The van der Waals surface area contributed by atoms with E-state index in [4.69, 9.17) is 4.74 Å². The monoisotopic (exact) mass is 443 g/mol. The van der Waals surface area contributed by atoms with Gasteiger partial charge in [0.25, 0.3) is 0 Å². The van der Waals surface area contributed by atoms with Gasteiger partial charge in [-0.1, -0.05) is 0 Å². The molecule has 166 valence electrons. The molecule has 0 fully saturated rings. The van der Waals surface area contributed by atoms with Crippen LogP contribution in [-0.4, -0.2) is 31.8 Å². The lowest BCUT2D eigenvalue weighted by Crippen LogP contribution is -2.53. The molecule has 10 heteroatoms. The van der Waals surface area contributed by atoms with Crippen molar-refractivity contribution in [1.82, 2.24) is 15.0 Å². The summed E-state index contributed by atoms with van der Waals surface area (Å²) in [7, 11) is 0. The topological polar surface area (TPSA) is 98.1 Å². The summed E-state index contributed by atoms with van der Waals surface area (Å²) in [6.45, 7) is 3.56. The van der Waals surface area contributed by atoms with Gasteiger partial charge in [-0.05, 0) is 44.2 Å². The maximum Gasteiger partial charge on any atom is 0.417 e. The van der Waals surface area contributed by atoms with E-state index in [0.29, 0.717) is 22.7 Å². The summed E-state index contributed by atoms with van der Waals surface area (Å²) in [5, 5.41) is 20.6. The van der Waals surface area contributed by atoms with Crippen molar-refractivity contribution in [2.24, 2.45) is 0 Å². The van der Waals surface area contributed by atoms with E-state index >= 15 is 0 Å². The molecule has 0 saturated carbocycles. The molecule has 2 N–H and O–H groups in total. The maximum absolute atomic E-state index is 13.1. The Morgan fingerprint density at radius 1 is 1.25 bits per heavy atom. The smallest absolute Gasteiger partial charge is 0.417 e. The van der Waals surface area contributed by atoms with Crippen LogP contribution < -0.4 is 9.64 Å². The fourth-order valence-corrected chi connectivity index (χ4v) is 3.77. The van der Waals surface area contributed by atoms with Crippen LogP contribution in [0.15, 0.2) is 48.9 Å². The number of H-pyrrole nitrogens is 1. The highest BCUT2D eigenvalue weighted by Crippen LogP contribution is 2.45. The van der Waals surface area contributed by atoms with Crippen LogP contribution in [0, 0.1) is 11.3 Å². The molecule has 4 rings (SSSR count). The van der Waals surface area contributed by atoms with Gasteiger partial charge in [-0.3, -0.25) is 0 Å². The molecule has 1 aromatic carbocycles. The van der Waals surface area contributed by atoms with Gasteiger partial charge in [0.05, 0.1) is 29.8 Å². The number of pyridine rings is 1. The van der Waals surface area contributed by atoms with Crippen molar-refractivity contribution in [3.63, 3.8) is 0 Å². The van der Waals surface area contributed by atoms with Crippen LogP contribution in [0.4, 0.5) is 19.0 Å². The molecule has 1 aliphatic rings. The van der Waals surface area contributed by atoms with E-state index in [1.807, 2.05) is 0 Å². The third-order valence-corrected chi connectivity index (χ3v) is 5.42. The minimum atomic E-state index is -4.52. The van der Waals surface area contributed by atoms with E-state index in [1.165, 1.54) is 6.07 Å². The number of hydrogen-bond acceptors (Lipinski definition) is 6. The molecular formula is C22H20F3N5O2. The number of aliphatic hydroxyl groups is 1. The predicted molar refractivity (Wildman–Crippen MR) is 109 cm³/mol. The molecule has 3 heterocycles. The zero-order valence-electron chi connectivity index (χ0n) is 17.3. The Kier molecular flexibility index (Phi) is 5.30. The number of aliphatic hydroxyl groups excluding tert-OH is 1. The van der Waals surface area contributed by atoms with Crippen molar-refractivity contribution >= 4 is 5.82 Å². The number of alkyl halides is 3. The second-order valence-corrected chi connectivity index (χ2v) is 8.03. The number of rotatable bonds is 4. The van der Waals surface area contributed by atoms with Crippen molar-refractivity contribution in [2.75, 3.05) is 4.90 Å². The molecule has 3 aromatic rings. The highest BCUT2D eigenvalue weighted by molar-refractivity contribution is 5.52. The first-order chi connectivity index (χ1) is 15.1. The number of hydrogen-bond donors (Lipinski definition) is 2. The minimum Gasteiger partial charge on any atom is -0.485 e. The molecule has 0 saturated heterocycles. The Labute approximate surface area is 182 Å². The van der Waals surface area contributed by atoms with Crippen molar-refractivity contribution in [1.29, 1.82) is 5.26 Å². The molecule has 0 bridgehead atoms. The van der Waals surface area contributed by atoms with Gasteiger partial charge in [0.2, 0.25) is 0 Å². The third kappa shape index (κ3) is 3.99. The van der Waals surface area contributed by atoms with Crippen LogP contribution in [0.2, 0.25) is 0 Å². The molecule has 1 aliphatic heterocycles. The molecule has 2 atom stereocenters. The highest BCUT2D eigenvalue weighted by atomic mass is 19.4. The summed E-state index contributed by atoms with van der Waals surface area (Å²) in [6.07, 6.45) is -1.68. The lowest BCUT2D eigenvalue weighted by molar-refractivity contribution is -0.137. The third-order valence-electron chi connectivity index (χ3n) is 5.42. The highest BCUT2D eigenvalue weighted by Gasteiger charge is 2.46. The second kappa shape index (κ2) is 7.84. The van der Waals surface area contributed by atoms with E-state index in [0.717, 1.165) is 12.3 Å². The van der Waals surface area contributed by atoms with Crippen LogP contribution in [0.1, 0.15) is 42.4 Å². The number of fused-ring (bicyclic) bond motifs is 1. The summed E-state index contributed by atoms with van der Waals surface area (Å²) >= 11 is 0. The van der Waals surface area contributed by atoms with Gasteiger partial charge >= 0.3 is 6.18 Å². The van der Waals surface area contributed by atoms with Crippen LogP contribution >= 0.6 is 0 Å². The van der Waals surface area contributed by atoms with E-state index in [9.17, 15) is 23.5 Å². The van der Waals surface area contributed by atoms with Crippen molar-refractivity contribution in [2.45, 2.75) is 44.3 Å². The number of nitrogens with zero attached hydrogens (tertiary/aromatic N) is 4. The first-order valence-corrected chi connectivity index (χ1v) is 9.79. The number of anilines is 1. The SMILES string of the molecule is CC1(C)Oc2ccc(C#N)cc2[C@H](N(Cc2ncc[nH]2)c2ccc(C(F)(F)F)cn2)[C@H]1O. The molecule has 0 aliphatic carbocycles. The Morgan fingerprint density at radius 2 is 2.03 bits per heavy atom. The van der Waals surface area contributed by atoms with E-state index in [1.54, 1.807) is 49.3 Å². The summed E-state index contributed by atoms with van der Waals surface area (Å²) in [6, 6.07) is 8.37. The molecule has 7 nitrogen and oxygen atoms in total. The number of aromatic amines is 1. The van der Waals surface area contributed by atoms with Gasteiger partial charge in [0.15, 0.2) is 0 Å². The molecule has 32 heavy (non-hydrogen) atoms. The van der Waals surface area contributed by atoms with Crippen LogP contribution in [0.5, 0.6) is 5.75 Å².